The number of esters is 1. The quantitative estimate of drug-likeness (QED) is 0.570. The highest BCUT2D eigenvalue weighted by atomic mass is 35.5. The van der Waals surface area contributed by atoms with E-state index in [4.69, 9.17) is 44.1 Å². The van der Waals surface area contributed by atoms with Gasteiger partial charge in [0.25, 0.3) is 0 Å². The maximum atomic E-state index is 15.1. The molecule has 7 nitrogen and oxygen atoms in total. The average Bonchev–Trinajstić information content (AvgIpc) is 3.09. The Balaban J connectivity index is 1.73. The molecule has 5 N–H and O–H groups in total. The van der Waals surface area contributed by atoms with Crippen LogP contribution < -0.4 is 11.5 Å². The Morgan fingerprint density at radius 1 is 1.33 bits per heavy atom. The van der Waals surface area contributed by atoms with E-state index in [0.717, 1.165) is 0 Å². The molecule has 0 heterocycles. The molecule has 0 aromatic heterocycles. The van der Waals surface area contributed by atoms with Crippen LogP contribution in [-0.2, 0) is 25.7 Å². The van der Waals surface area contributed by atoms with Crippen molar-refractivity contribution in [1.82, 2.24) is 0 Å². The molecule has 2 saturated carbocycles. The molecular formula is C17H19Cl2FN2O5. The summed E-state index contributed by atoms with van der Waals surface area (Å²) in [4.78, 5) is 23.8. The van der Waals surface area contributed by atoms with Crippen LogP contribution in [0.15, 0.2) is 18.2 Å². The number of carbonyl (C=O) groups is 2. The molecule has 0 saturated heterocycles. The number of hydrogen-bond donors (Lipinski definition) is 3. The number of rotatable bonds is 7. The minimum atomic E-state index is -2.42. The number of hydrogen-bond acceptors (Lipinski definition) is 6. The number of carboxylic acid groups (broad SMARTS) is 1. The third-order valence-corrected chi connectivity index (χ3v) is 6.01. The number of aliphatic carboxylic acids is 1. The fourth-order valence-electron chi connectivity index (χ4n) is 3.88. The van der Waals surface area contributed by atoms with Crippen molar-refractivity contribution in [2.75, 3.05) is 13.2 Å². The Morgan fingerprint density at radius 2 is 2.04 bits per heavy atom. The predicted molar refractivity (Wildman–Crippen MR) is 95.0 cm³/mol. The van der Waals surface area contributed by atoms with Crippen LogP contribution >= 0.6 is 23.2 Å². The SMILES string of the molecule is NCCOC(=O)[C@@]1(F)[C@@H]2C[C@@H](OCc3ccc(Cl)c(Cl)c3)[C@@](N)(C(=O)O)[C@@H]21. The number of nitrogens with two attached hydrogens (primary N) is 2. The third kappa shape index (κ3) is 3.19. The molecule has 2 aliphatic rings. The Labute approximate surface area is 164 Å². The molecule has 1 aromatic carbocycles. The van der Waals surface area contributed by atoms with Crippen molar-refractivity contribution in [2.45, 2.75) is 30.3 Å². The lowest BCUT2D eigenvalue weighted by Gasteiger charge is -2.32. The fourth-order valence-corrected chi connectivity index (χ4v) is 4.20. The third-order valence-electron chi connectivity index (χ3n) is 5.27. The minimum Gasteiger partial charge on any atom is -0.480 e. The summed E-state index contributed by atoms with van der Waals surface area (Å²) in [6, 6.07) is 4.84. The standard InChI is InChI=1S/C17H19Cl2FN2O5/c18-10-2-1-8(5-11(10)19)7-27-12-6-9-13(17(12,22)14(23)24)16(9,20)15(25)26-4-3-21/h1-2,5,9,12-13H,3-4,6-7,21-22H2,(H,23,24)/t9-,12-,13+,16-,17+/m1/s1. The smallest absolute Gasteiger partial charge is 0.344 e. The van der Waals surface area contributed by atoms with Crippen molar-refractivity contribution in [2.24, 2.45) is 23.3 Å². The van der Waals surface area contributed by atoms with Crippen LogP contribution in [0.25, 0.3) is 0 Å². The number of halogens is 3. The summed E-state index contributed by atoms with van der Waals surface area (Å²) < 4.78 is 25.5. The Bertz CT molecular complexity index is 782. The van der Waals surface area contributed by atoms with E-state index in [1.165, 1.54) is 0 Å². The number of fused-ring (bicyclic) bond motifs is 1. The van der Waals surface area contributed by atoms with Gasteiger partial charge in [-0.25, -0.2) is 9.18 Å². The lowest BCUT2D eigenvalue weighted by atomic mass is 9.88. The van der Waals surface area contributed by atoms with Gasteiger partial charge in [-0.15, -0.1) is 0 Å². The van der Waals surface area contributed by atoms with Gasteiger partial charge in [0.15, 0.2) is 0 Å². The lowest BCUT2D eigenvalue weighted by Crippen LogP contribution is -2.60. The van der Waals surface area contributed by atoms with Gasteiger partial charge in [-0.05, 0) is 24.1 Å². The molecule has 5 atom stereocenters. The zero-order valence-electron chi connectivity index (χ0n) is 14.2. The summed E-state index contributed by atoms with van der Waals surface area (Å²) in [6.45, 7) is -0.0881. The summed E-state index contributed by atoms with van der Waals surface area (Å²) in [5.74, 6) is -4.64. The van der Waals surface area contributed by atoms with E-state index >= 15 is 4.39 Å². The molecule has 10 heteroatoms. The molecule has 0 radical (unpaired) electrons. The van der Waals surface area contributed by atoms with E-state index in [2.05, 4.69) is 0 Å². The molecule has 1 aromatic rings. The molecule has 2 aliphatic carbocycles. The van der Waals surface area contributed by atoms with Crippen LogP contribution in [0.5, 0.6) is 0 Å². The Kier molecular flexibility index (Phi) is 5.39. The van der Waals surface area contributed by atoms with Gasteiger partial charge in [0.05, 0.1) is 22.8 Å². The second-order valence-electron chi connectivity index (χ2n) is 6.80. The Morgan fingerprint density at radius 3 is 2.63 bits per heavy atom. The maximum Gasteiger partial charge on any atom is 0.344 e. The van der Waals surface area contributed by atoms with Crippen LogP contribution in [-0.4, -0.2) is 47.5 Å². The van der Waals surface area contributed by atoms with Crippen molar-refractivity contribution in [3.63, 3.8) is 0 Å². The number of alkyl halides is 1. The van der Waals surface area contributed by atoms with E-state index < -0.39 is 41.1 Å². The van der Waals surface area contributed by atoms with Crippen LogP contribution in [0.1, 0.15) is 12.0 Å². The summed E-state index contributed by atoms with van der Waals surface area (Å²) in [7, 11) is 0. The first-order chi connectivity index (χ1) is 12.7. The Hall–Kier alpha value is -1.45. The van der Waals surface area contributed by atoms with Gasteiger partial charge in [0, 0.05) is 18.4 Å². The highest BCUT2D eigenvalue weighted by molar-refractivity contribution is 6.42. The number of carbonyl (C=O) groups excluding carboxylic acids is 1. The van der Waals surface area contributed by atoms with Crippen LogP contribution in [0, 0.1) is 11.8 Å². The van der Waals surface area contributed by atoms with Crippen molar-refractivity contribution in [1.29, 1.82) is 0 Å². The van der Waals surface area contributed by atoms with Crippen molar-refractivity contribution in [3.8, 4) is 0 Å². The van der Waals surface area contributed by atoms with Gasteiger partial charge < -0.3 is 26.0 Å². The first kappa shape index (κ1) is 20.3. The van der Waals surface area contributed by atoms with Crippen LogP contribution in [0.2, 0.25) is 10.0 Å². The summed E-state index contributed by atoms with van der Waals surface area (Å²) in [5, 5.41) is 10.3. The summed E-state index contributed by atoms with van der Waals surface area (Å²) in [6.07, 6.45) is -0.978. The number of benzene rings is 1. The molecule has 0 aliphatic heterocycles. The van der Waals surface area contributed by atoms with E-state index in [1.807, 2.05) is 0 Å². The van der Waals surface area contributed by atoms with E-state index in [-0.39, 0.29) is 26.2 Å². The topological polar surface area (TPSA) is 125 Å². The fraction of sp³-hybridized carbons (Fsp3) is 0.529. The first-order valence-electron chi connectivity index (χ1n) is 8.31. The van der Waals surface area contributed by atoms with Crippen LogP contribution in [0.4, 0.5) is 4.39 Å². The minimum absolute atomic E-state index is 0.0109. The van der Waals surface area contributed by atoms with Gasteiger partial charge in [0.1, 0.15) is 12.1 Å². The monoisotopic (exact) mass is 420 g/mol. The number of ether oxygens (including phenoxy) is 2. The zero-order chi connectivity index (χ0) is 20.0. The van der Waals surface area contributed by atoms with E-state index in [9.17, 15) is 14.7 Å². The average molecular weight is 421 g/mol. The van der Waals surface area contributed by atoms with Gasteiger partial charge in [-0.2, -0.15) is 0 Å². The van der Waals surface area contributed by atoms with E-state index in [1.54, 1.807) is 18.2 Å². The second-order valence-corrected chi connectivity index (χ2v) is 7.61. The molecule has 0 unspecified atom stereocenters. The predicted octanol–water partition coefficient (Wildman–Crippen LogP) is 1.52. The molecule has 148 valence electrons. The number of carboxylic acids is 1. The van der Waals surface area contributed by atoms with E-state index in [0.29, 0.717) is 15.6 Å². The van der Waals surface area contributed by atoms with Gasteiger partial charge >= 0.3 is 11.9 Å². The van der Waals surface area contributed by atoms with Crippen LogP contribution in [0.3, 0.4) is 0 Å². The molecular weight excluding hydrogens is 402 g/mol. The van der Waals surface area contributed by atoms with Crippen molar-refractivity contribution >= 4 is 35.1 Å². The molecule has 0 amide bonds. The highest BCUT2D eigenvalue weighted by Crippen LogP contribution is 2.67. The van der Waals surface area contributed by atoms with Crippen molar-refractivity contribution < 1.29 is 28.6 Å². The summed E-state index contributed by atoms with van der Waals surface area (Å²) in [5.41, 5.74) is 7.48. The normalized spacial score (nSPS) is 34.2. The largest absolute Gasteiger partial charge is 0.480 e. The summed E-state index contributed by atoms with van der Waals surface area (Å²) >= 11 is 11.8. The molecule has 0 spiro atoms. The molecule has 2 fully saturated rings. The van der Waals surface area contributed by atoms with Crippen molar-refractivity contribution in [3.05, 3.63) is 33.8 Å². The van der Waals surface area contributed by atoms with Gasteiger partial charge in [-0.3, -0.25) is 4.79 Å². The van der Waals surface area contributed by atoms with Gasteiger partial charge in [0.2, 0.25) is 5.67 Å². The van der Waals surface area contributed by atoms with Gasteiger partial charge in [-0.1, -0.05) is 29.3 Å². The lowest BCUT2D eigenvalue weighted by molar-refractivity contribution is -0.159. The second kappa shape index (κ2) is 7.18. The highest BCUT2D eigenvalue weighted by Gasteiger charge is 2.85. The zero-order valence-corrected chi connectivity index (χ0v) is 15.7. The molecule has 0 bridgehead atoms. The maximum absolute atomic E-state index is 15.1. The molecule has 27 heavy (non-hydrogen) atoms. The first-order valence-corrected chi connectivity index (χ1v) is 9.06. The molecule has 3 rings (SSSR count).